The number of piperazine rings is 1. The zero-order valence-electron chi connectivity index (χ0n) is 16.8. The molecule has 8 nitrogen and oxygen atoms in total. The van der Waals surface area contributed by atoms with Gasteiger partial charge in [0.2, 0.25) is 11.8 Å². The van der Waals surface area contributed by atoms with E-state index in [0.717, 1.165) is 31.7 Å². The van der Waals surface area contributed by atoms with E-state index in [9.17, 15) is 14.9 Å². The number of hydrogen-bond donors (Lipinski definition) is 1. The first kappa shape index (κ1) is 19.9. The van der Waals surface area contributed by atoms with Gasteiger partial charge < -0.3 is 15.1 Å². The van der Waals surface area contributed by atoms with Crippen LogP contribution >= 0.6 is 0 Å². The molecule has 0 bridgehead atoms. The molecule has 0 unspecified atom stereocenters. The number of nitrogens with zero attached hydrogens (tertiary/aromatic N) is 5. The minimum absolute atomic E-state index is 0.0797. The van der Waals surface area contributed by atoms with Gasteiger partial charge in [-0.2, -0.15) is 5.26 Å². The lowest BCUT2D eigenvalue weighted by Gasteiger charge is -2.35. The Kier molecular flexibility index (Phi) is 5.91. The number of nitriles is 1. The highest BCUT2D eigenvalue weighted by Gasteiger charge is 2.23. The number of aromatic nitrogens is 1. The fourth-order valence-electron chi connectivity index (χ4n) is 3.93. The molecule has 2 fully saturated rings. The van der Waals surface area contributed by atoms with Crippen LogP contribution in [0.25, 0.3) is 0 Å². The third-order valence-electron chi connectivity index (χ3n) is 5.46. The fraction of sp³-hybridized carbons (Fsp3) is 0.364. The molecule has 2 saturated heterocycles. The first-order chi connectivity index (χ1) is 14.6. The molecule has 30 heavy (non-hydrogen) atoms. The molecule has 1 aromatic carbocycles. The van der Waals surface area contributed by atoms with E-state index in [1.165, 1.54) is 0 Å². The Bertz CT molecular complexity index is 978. The van der Waals surface area contributed by atoms with Crippen LogP contribution in [-0.4, -0.2) is 61.0 Å². The van der Waals surface area contributed by atoms with Crippen LogP contribution in [0.2, 0.25) is 0 Å². The van der Waals surface area contributed by atoms with Crippen LogP contribution in [-0.2, 0) is 9.59 Å². The molecule has 154 valence electrons. The second-order valence-corrected chi connectivity index (χ2v) is 7.50. The quantitative estimate of drug-likeness (QED) is 0.818. The van der Waals surface area contributed by atoms with Crippen molar-refractivity contribution in [1.82, 2.24) is 9.88 Å². The Morgan fingerprint density at radius 2 is 1.97 bits per heavy atom. The van der Waals surface area contributed by atoms with Crippen LogP contribution in [0.3, 0.4) is 0 Å². The highest BCUT2D eigenvalue weighted by Crippen LogP contribution is 2.24. The Balaban J connectivity index is 1.30. The number of rotatable bonds is 5. The number of benzene rings is 1. The molecule has 0 radical (unpaired) electrons. The third-order valence-corrected chi connectivity index (χ3v) is 5.46. The molecule has 2 amide bonds. The number of hydrogen-bond acceptors (Lipinski definition) is 6. The zero-order valence-corrected chi connectivity index (χ0v) is 16.8. The van der Waals surface area contributed by atoms with E-state index in [1.54, 1.807) is 23.2 Å². The molecule has 2 aliphatic heterocycles. The summed E-state index contributed by atoms with van der Waals surface area (Å²) in [5, 5.41) is 12.2. The molecule has 0 aliphatic carbocycles. The summed E-state index contributed by atoms with van der Waals surface area (Å²) < 4.78 is 0. The minimum Gasteiger partial charge on any atom is -0.353 e. The topological polar surface area (TPSA) is 92.6 Å². The maximum absolute atomic E-state index is 12.5. The first-order valence-electron chi connectivity index (χ1n) is 10.2. The van der Waals surface area contributed by atoms with Gasteiger partial charge in [-0.3, -0.25) is 14.5 Å². The zero-order chi connectivity index (χ0) is 20.9. The molecular weight excluding hydrogens is 380 g/mol. The Hall–Kier alpha value is -3.44. The normalized spacial score (nSPS) is 17.1. The van der Waals surface area contributed by atoms with Crippen molar-refractivity contribution in [3.63, 3.8) is 0 Å². The molecule has 3 heterocycles. The van der Waals surface area contributed by atoms with Gasteiger partial charge in [0.25, 0.3) is 0 Å². The second kappa shape index (κ2) is 8.93. The summed E-state index contributed by atoms with van der Waals surface area (Å²) in [6.45, 7) is 3.89. The maximum atomic E-state index is 12.5. The van der Waals surface area contributed by atoms with Crippen LogP contribution in [0.15, 0.2) is 42.6 Å². The Labute approximate surface area is 175 Å². The van der Waals surface area contributed by atoms with Crippen molar-refractivity contribution >= 4 is 29.0 Å². The monoisotopic (exact) mass is 404 g/mol. The fourth-order valence-corrected chi connectivity index (χ4v) is 3.93. The van der Waals surface area contributed by atoms with Crippen LogP contribution in [0.5, 0.6) is 0 Å². The second-order valence-electron chi connectivity index (χ2n) is 7.50. The highest BCUT2D eigenvalue weighted by atomic mass is 16.2. The van der Waals surface area contributed by atoms with Crippen molar-refractivity contribution in [2.24, 2.45) is 0 Å². The summed E-state index contributed by atoms with van der Waals surface area (Å²) in [5.74, 6) is 0.755. The molecular formula is C22H24N6O2. The molecule has 2 aromatic rings. The number of carbonyl (C=O) groups excluding carboxylic acids is 2. The van der Waals surface area contributed by atoms with E-state index in [-0.39, 0.29) is 11.8 Å². The van der Waals surface area contributed by atoms with E-state index in [1.807, 2.05) is 24.3 Å². The van der Waals surface area contributed by atoms with E-state index in [4.69, 9.17) is 0 Å². The van der Waals surface area contributed by atoms with Gasteiger partial charge in [-0.15, -0.1) is 0 Å². The van der Waals surface area contributed by atoms with Gasteiger partial charge in [-0.05, 0) is 36.8 Å². The van der Waals surface area contributed by atoms with Crippen molar-refractivity contribution < 1.29 is 9.59 Å². The summed E-state index contributed by atoms with van der Waals surface area (Å²) >= 11 is 0. The molecule has 1 aromatic heterocycles. The van der Waals surface area contributed by atoms with Crippen molar-refractivity contribution in [2.45, 2.75) is 12.8 Å². The largest absolute Gasteiger partial charge is 0.353 e. The molecule has 2 aliphatic rings. The SMILES string of the molecule is N#Cc1cccnc1N1CCN(CC(=O)Nc2cccc(N3CCCC3=O)c2)CC1. The lowest BCUT2D eigenvalue weighted by Crippen LogP contribution is -2.49. The minimum atomic E-state index is -0.0797. The Morgan fingerprint density at radius 1 is 1.13 bits per heavy atom. The van der Waals surface area contributed by atoms with Gasteiger partial charge in [0.15, 0.2) is 0 Å². The lowest BCUT2D eigenvalue weighted by molar-refractivity contribution is -0.118. The molecule has 0 spiro atoms. The molecule has 0 atom stereocenters. The van der Waals surface area contributed by atoms with Gasteiger partial charge in [-0.1, -0.05) is 6.07 Å². The van der Waals surface area contributed by atoms with Crippen LogP contribution < -0.4 is 15.1 Å². The number of amides is 2. The van der Waals surface area contributed by atoms with E-state index >= 15 is 0 Å². The van der Waals surface area contributed by atoms with E-state index in [0.29, 0.717) is 43.1 Å². The first-order valence-corrected chi connectivity index (χ1v) is 10.2. The summed E-state index contributed by atoms with van der Waals surface area (Å²) in [6.07, 6.45) is 3.15. The van der Waals surface area contributed by atoms with Gasteiger partial charge >= 0.3 is 0 Å². The van der Waals surface area contributed by atoms with Crippen LogP contribution in [0.4, 0.5) is 17.2 Å². The molecule has 0 saturated carbocycles. The molecule has 4 rings (SSSR count). The van der Waals surface area contributed by atoms with E-state index in [2.05, 4.69) is 26.2 Å². The lowest BCUT2D eigenvalue weighted by atomic mass is 10.2. The summed E-state index contributed by atoms with van der Waals surface area (Å²) in [4.78, 5) is 34.8. The number of carbonyl (C=O) groups is 2. The van der Waals surface area contributed by atoms with Crippen molar-refractivity contribution in [1.29, 1.82) is 5.26 Å². The summed E-state index contributed by atoms with van der Waals surface area (Å²) in [6, 6.07) is 13.2. The van der Waals surface area contributed by atoms with Gasteiger partial charge in [-0.25, -0.2) is 4.98 Å². The average molecular weight is 404 g/mol. The van der Waals surface area contributed by atoms with Crippen LogP contribution in [0, 0.1) is 11.3 Å². The van der Waals surface area contributed by atoms with Gasteiger partial charge in [0.05, 0.1) is 12.1 Å². The molecule has 8 heteroatoms. The van der Waals surface area contributed by atoms with Crippen molar-refractivity contribution in [3.8, 4) is 6.07 Å². The predicted octanol–water partition coefficient (Wildman–Crippen LogP) is 1.84. The standard InChI is InChI=1S/C22H24N6O2/c23-15-17-4-2-8-24-22(17)27-12-10-26(11-13-27)16-20(29)25-18-5-1-6-19(14-18)28-9-3-7-21(28)30/h1-2,4-6,8,14H,3,7,9-13,16H2,(H,25,29). The van der Waals surface area contributed by atoms with E-state index < -0.39 is 0 Å². The summed E-state index contributed by atoms with van der Waals surface area (Å²) in [5.41, 5.74) is 2.09. The predicted molar refractivity (Wildman–Crippen MR) is 114 cm³/mol. The summed E-state index contributed by atoms with van der Waals surface area (Å²) in [7, 11) is 0. The van der Waals surface area contributed by atoms with Crippen LogP contribution in [0.1, 0.15) is 18.4 Å². The number of pyridine rings is 1. The highest BCUT2D eigenvalue weighted by molar-refractivity contribution is 5.97. The van der Waals surface area contributed by atoms with Gasteiger partial charge in [0, 0.05) is 56.7 Å². The number of anilines is 3. The smallest absolute Gasteiger partial charge is 0.238 e. The average Bonchev–Trinajstić information content (AvgIpc) is 3.20. The van der Waals surface area contributed by atoms with Crippen molar-refractivity contribution in [2.75, 3.05) is 54.4 Å². The van der Waals surface area contributed by atoms with Crippen molar-refractivity contribution in [3.05, 3.63) is 48.2 Å². The Morgan fingerprint density at radius 3 is 2.70 bits per heavy atom. The number of nitrogens with one attached hydrogen (secondary N) is 1. The maximum Gasteiger partial charge on any atom is 0.238 e. The molecule has 1 N–H and O–H groups in total. The van der Waals surface area contributed by atoms with Gasteiger partial charge in [0.1, 0.15) is 11.9 Å². The third kappa shape index (κ3) is 4.42.